The van der Waals surface area contributed by atoms with Crippen LogP contribution in [-0.2, 0) is 0 Å². The van der Waals surface area contributed by atoms with Gasteiger partial charge in [0, 0.05) is 12.5 Å². The van der Waals surface area contributed by atoms with Crippen molar-refractivity contribution in [3.8, 4) is 0 Å². The van der Waals surface area contributed by atoms with Crippen molar-refractivity contribution in [1.29, 1.82) is 0 Å². The van der Waals surface area contributed by atoms with Crippen LogP contribution in [0.25, 0.3) is 0 Å². The molecule has 0 bridgehead atoms. The van der Waals surface area contributed by atoms with E-state index in [9.17, 15) is 5.11 Å². The highest BCUT2D eigenvalue weighted by Crippen LogP contribution is 2.45. The first-order chi connectivity index (χ1) is 7.78. The van der Waals surface area contributed by atoms with Gasteiger partial charge in [-0.25, -0.2) is 0 Å². The fraction of sp³-hybridized carbons (Fsp3) is 0.600. The smallest absolute Gasteiger partial charge is 0.0497 e. The Hall–Kier alpha value is -0.820. The van der Waals surface area contributed by atoms with E-state index in [0.717, 1.165) is 11.8 Å². The molecule has 86 valence electrons. The zero-order valence-electron chi connectivity index (χ0n) is 9.95. The number of rotatable bonds is 4. The first-order valence-corrected chi connectivity index (χ1v) is 6.53. The van der Waals surface area contributed by atoms with Gasteiger partial charge >= 0.3 is 0 Å². The van der Waals surface area contributed by atoms with E-state index in [1.165, 1.54) is 42.4 Å². The van der Waals surface area contributed by atoms with E-state index in [4.69, 9.17) is 0 Å². The van der Waals surface area contributed by atoms with Gasteiger partial charge in [-0.1, -0.05) is 25.1 Å². The average Bonchev–Trinajstić information content (AvgIpc) is 3.20. The minimum atomic E-state index is 0.262. The van der Waals surface area contributed by atoms with Gasteiger partial charge in [0.05, 0.1) is 0 Å². The molecule has 1 nitrogen and oxygen atoms in total. The van der Waals surface area contributed by atoms with Gasteiger partial charge in [-0.2, -0.15) is 0 Å². The normalized spacial score (nSPS) is 22.1. The van der Waals surface area contributed by atoms with Crippen LogP contribution in [-0.4, -0.2) is 11.7 Å². The molecule has 0 spiro atoms. The fourth-order valence-electron chi connectivity index (χ4n) is 2.40. The van der Waals surface area contributed by atoms with Crippen LogP contribution in [0.4, 0.5) is 0 Å². The van der Waals surface area contributed by atoms with Crippen LogP contribution in [0.2, 0.25) is 0 Å². The second-order valence-electron chi connectivity index (χ2n) is 5.57. The number of hydrogen-bond donors (Lipinski definition) is 1. The molecule has 2 aliphatic rings. The minimum absolute atomic E-state index is 0.262. The Morgan fingerprint density at radius 2 is 1.56 bits per heavy atom. The molecular weight excluding hydrogens is 196 g/mol. The summed E-state index contributed by atoms with van der Waals surface area (Å²) in [5.41, 5.74) is 4.40. The van der Waals surface area contributed by atoms with Crippen LogP contribution >= 0.6 is 0 Å². The van der Waals surface area contributed by atoms with E-state index in [0.29, 0.717) is 0 Å². The molecule has 2 aliphatic carbocycles. The predicted octanol–water partition coefficient (Wildman–Crippen LogP) is 3.54. The molecule has 16 heavy (non-hydrogen) atoms. The third-order valence-electron chi connectivity index (χ3n) is 3.94. The van der Waals surface area contributed by atoms with Gasteiger partial charge in [0.2, 0.25) is 0 Å². The molecule has 0 heterocycles. The first kappa shape index (κ1) is 10.3. The second kappa shape index (κ2) is 3.89. The lowest BCUT2D eigenvalue weighted by Crippen LogP contribution is -2.01. The monoisotopic (exact) mass is 216 g/mol. The van der Waals surface area contributed by atoms with Crippen LogP contribution < -0.4 is 0 Å². The maximum Gasteiger partial charge on any atom is 0.0497 e. The van der Waals surface area contributed by atoms with Gasteiger partial charge in [0.25, 0.3) is 0 Å². The van der Waals surface area contributed by atoms with Crippen LogP contribution in [0.15, 0.2) is 18.2 Å². The summed E-state index contributed by atoms with van der Waals surface area (Å²) in [4.78, 5) is 0. The number of benzene rings is 1. The molecule has 0 radical (unpaired) electrons. The zero-order chi connectivity index (χ0) is 11.1. The molecule has 1 heteroatoms. The Kier molecular flexibility index (Phi) is 2.51. The lowest BCUT2D eigenvalue weighted by Gasteiger charge is -2.13. The van der Waals surface area contributed by atoms with Crippen molar-refractivity contribution in [1.82, 2.24) is 0 Å². The van der Waals surface area contributed by atoms with Crippen molar-refractivity contribution >= 4 is 0 Å². The zero-order valence-corrected chi connectivity index (χ0v) is 9.95. The standard InChI is InChI=1S/C15H20O/c1-10(9-16)13-6-14(11-2-3-11)8-15(7-13)12-4-5-12/h6-8,10-12,16H,2-5,9H2,1H3. The second-order valence-corrected chi connectivity index (χ2v) is 5.57. The van der Waals surface area contributed by atoms with Crippen LogP contribution in [0.3, 0.4) is 0 Å². The third kappa shape index (κ3) is 2.01. The maximum atomic E-state index is 9.28. The van der Waals surface area contributed by atoms with Crippen LogP contribution in [0, 0.1) is 0 Å². The number of hydrogen-bond acceptors (Lipinski definition) is 1. The van der Waals surface area contributed by atoms with Gasteiger partial charge in [0.1, 0.15) is 0 Å². The molecule has 1 N–H and O–H groups in total. The summed E-state index contributed by atoms with van der Waals surface area (Å²) < 4.78 is 0. The number of aliphatic hydroxyl groups is 1. The summed E-state index contributed by atoms with van der Waals surface area (Å²) >= 11 is 0. The minimum Gasteiger partial charge on any atom is -0.396 e. The Balaban J connectivity index is 1.95. The van der Waals surface area contributed by atoms with Gasteiger partial charge < -0.3 is 5.11 Å². The van der Waals surface area contributed by atoms with E-state index in [1.54, 1.807) is 0 Å². The highest BCUT2D eigenvalue weighted by molar-refractivity contribution is 5.39. The summed E-state index contributed by atoms with van der Waals surface area (Å²) in [5.74, 6) is 1.93. The quantitative estimate of drug-likeness (QED) is 0.816. The fourth-order valence-corrected chi connectivity index (χ4v) is 2.40. The maximum absolute atomic E-state index is 9.28. The molecule has 2 saturated carbocycles. The van der Waals surface area contributed by atoms with E-state index in [2.05, 4.69) is 25.1 Å². The van der Waals surface area contributed by atoms with Crippen LogP contribution in [0.5, 0.6) is 0 Å². The molecule has 0 amide bonds. The van der Waals surface area contributed by atoms with E-state index in [-0.39, 0.29) is 12.5 Å². The molecular formula is C15H20O. The third-order valence-corrected chi connectivity index (χ3v) is 3.94. The van der Waals surface area contributed by atoms with Crippen molar-refractivity contribution in [2.75, 3.05) is 6.61 Å². The topological polar surface area (TPSA) is 20.2 Å². The number of aliphatic hydroxyl groups excluding tert-OH is 1. The Bertz CT molecular complexity index is 358. The lowest BCUT2D eigenvalue weighted by molar-refractivity contribution is 0.273. The Morgan fingerprint density at radius 3 is 1.94 bits per heavy atom. The van der Waals surface area contributed by atoms with E-state index in [1.807, 2.05) is 0 Å². The highest BCUT2D eigenvalue weighted by atomic mass is 16.3. The molecule has 3 rings (SSSR count). The lowest BCUT2D eigenvalue weighted by atomic mass is 9.94. The highest BCUT2D eigenvalue weighted by Gasteiger charge is 2.28. The van der Waals surface area contributed by atoms with Crippen molar-refractivity contribution in [2.24, 2.45) is 0 Å². The molecule has 1 atom stereocenters. The molecule has 1 aromatic rings. The first-order valence-electron chi connectivity index (χ1n) is 6.53. The molecule has 0 aliphatic heterocycles. The summed E-state index contributed by atoms with van der Waals surface area (Å²) in [6, 6.07) is 7.07. The van der Waals surface area contributed by atoms with Crippen molar-refractivity contribution < 1.29 is 5.11 Å². The van der Waals surface area contributed by atoms with E-state index < -0.39 is 0 Å². The summed E-state index contributed by atoms with van der Waals surface area (Å²) in [5, 5.41) is 9.28. The van der Waals surface area contributed by atoms with E-state index >= 15 is 0 Å². The Morgan fingerprint density at radius 1 is 1.06 bits per heavy atom. The Labute approximate surface area is 97.5 Å². The van der Waals surface area contributed by atoms with Gasteiger partial charge in [-0.05, 0) is 54.2 Å². The van der Waals surface area contributed by atoms with Crippen molar-refractivity contribution in [2.45, 2.75) is 50.4 Å². The summed E-state index contributed by atoms with van der Waals surface area (Å²) in [6.07, 6.45) is 5.45. The summed E-state index contributed by atoms with van der Waals surface area (Å²) in [7, 11) is 0. The molecule has 2 fully saturated rings. The van der Waals surface area contributed by atoms with Gasteiger partial charge in [-0.15, -0.1) is 0 Å². The molecule has 1 aromatic carbocycles. The molecule has 0 saturated heterocycles. The van der Waals surface area contributed by atoms with Gasteiger partial charge in [-0.3, -0.25) is 0 Å². The van der Waals surface area contributed by atoms with Gasteiger partial charge in [0.15, 0.2) is 0 Å². The molecule has 1 unspecified atom stereocenters. The average molecular weight is 216 g/mol. The molecule has 0 aromatic heterocycles. The largest absolute Gasteiger partial charge is 0.396 e. The van der Waals surface area contributed by atoms with Crippen molar-refractivity contribution in [3.63, 3.8) is 0 Å². The SMILES string of the molecule is CC(CO)c1cc(C2CC2)cc(C2CC2)c1. The van der Waals surface area contributed by atoms with Crippen LogP contribution in [0.1, 0.15) is 67.1 Å². The summed E-state index contributed by atoms with van der Waals surface area (Å²) in [6.45, 7) is 2.38. The predicted molar refractivity (Wildman–Crippen MR) is 65.9 cm³/mol. The van der Waals surface area contributed by atoms with Crippen molar-refractivity contribution in [3.05, 3.63) is 34.9 Å².